The first-order valence-electron chi connectivity index (χ1n) is 6.29. The van der Waals surface area contributed by atoms with E-state index in [4.69, 9.17) is 9.47 Å². The van der Waals surface area contributed by atoms with E-state index in [-0.39, 0.29) is 18.5 Å². The van der Waals surface area contributed by atoms with Crippen molar-refractivity contribution >= 4 is 23.7 Å². The second-order valence-corrected chi connectivity index (χ2v) is 5.22. The summed E-state index contributed by atoms with van der Waals surface area (Å²) >= 11 is 1.64. The van der Waals surface area contributed by atoms with Crippen LogP contribution >= 0.6 is 23.7 Å². The van der Waals surface area contributed by atoms with E-state index >= 15 is 0 Å². The molecule has 6 heteroatoms. The number of ether oxygens (including phenoxy) is 2. The lowest BCUT2D eigenvalue weighted by Crippen LogP contribution is -2.33. The number of rotatable bonds is 3. The summed E-state index contributed by atoms with van der Waals surface area (Å²) in [4.78, 5) is 4.69. The Morgan fingerprint density at radius 1 is 1.40 bits per heavy atom. The molecular weight excluding hydrogens is 296 g/mol. The van der Waals surface area contributed by atoms with Crippen LogP contribution in [0.2, 0.25) is 0 Å². The average molecular weight is 313 g/mol. The summed E-state index contributed by atoms with van der Waals surface area (Å²) in [5.41, 5.74) is 1.97. The number of hydrogen-bond acceptors (Lipinski definition) is 5. The van der Waals surface area contributed by atoms with Crippen LogP contribution in [0, 0.1) is 0 Å². The number of nitrogens with zero attached hydrogens (tertiary/aromatic N) is 1. The van der Waals surface area contributed by atoms with Crippen molar-refractivity contribution in [1.82, 2.24) is 10.3 Å². The average Bonchev–Trinajstić information content (AvgIpc) is 2.98. The van der Waals surface area contributed by atoms with Gasteiger partial charge in [0.2, 0.25) is 0 Å². The molecule has 4 nitrogen and oxygen atoms in total. The van der Waals surface area contributed by atoms with Gasteiger partial charge in [0.05, 0.1) is 19.4 Å². The van der Waals surface area contributed by atoms with E-state index < -0.39 is 0 Å². The number of para-hydroxylation sites is 1. The van der Waals surface area contributed by atoms with Crippen molar-refractivity contribution < 1.29 is 9.47 Å². The summed E-state index contributed by atoms with van der Waals surface area (Å²) in [5, 5.41) is 6.40. The molecule has 2 heterocycles. The molecule has 1 aliphatic rings. The monoisotopic (exact) mass is 312 g/mol. The Morgan fingerprint density at radius 2 is 2.25 bits per heavy atom. The first kappa shape index (κ1) is 15.3. The van der Waals surface area contributed by atoms with Crippen molar-refractivity contribution in [2.75, 3.05) is 26.8 Å². The van der Waals surface area contributed by atoms with Gasteiger partial charge in [-0.1, -0.05) is 12.1 Å². The first-order chi connectivity index (χ1) is 9.38. The van der Waals surface area contributed by atoms with Gasteiger partial charge in [-0.25, -0.2) is 4.98 Å². The van der Waals surface area contributed by atoms with Crippen LogP contribution < -0.4 is 10.1 Å². The van der Waals surface area contributed by atoms with Crippen molar-refractivity contribution in [3.05, 3.63) is 34.7 Å². The number of nitrogens with one attached hydrogen (secondary N) is 1. The number of benzene rings is 1. The van der Waals surface area contributed by atoms with Crippen molar-refractivity contribution in [3.63, 3.8) is 0 Å². The summed E-state index contributed by atoms with van der Waals surface area (Å²) in [6, 6.07) is 7.93. The number of aromatic nitrogens is 1. The third kappa shape index (κ3) is 3.12. The molecule has 0 spiro atoms. The SMILES string of the molecule is COc1ccccc1-c1csc([C@H]2CNCCO2)n1.Cl. The summed E-state index contributed by atoms with van der Waals surface area (Å²) < 4.78 is 11.1. The van der Waals surface area contributed by atoms with Gasteiger partial charge in [0.25, 0.3) is 0 Å². The molecule has 3 rings (SSSR count). The normalized spacial score (nSPS) is 18.4. The minimum absolute atomic E-state index is 0. The zero-order valence-corrected chi connectivity index (χ0v) is 12.8. The third-order valence-corrected chi connectivity index (χ3v) is 4.04. The van der Waals surface area contributed by atoms with Gasteiger partial charge in [0, 0.05) is 24.0 Å². The van der Waals surface area contributed by atoms with E-state index in [1.54, 1.807) is 18.4 Å². The fourth-order valence-electron chi connectivity index (χ4n) is 2.14. The highest BCUT2D eigenvalue weighted by Crippen LogP contribution is 2.32. The maximum atomic E-state index is 5.72. The molecule has 1 fully saturated rings. The number of morpholine rings is 1. The Morgan fingerprint density at radius 3 is 3.00 bits per heavy atom. The van der Waals surface area contributed by atoms with E-state index in [2.05, 4.69) is 15.7 Å². The van der Waals surface area contributed by atoms with Crippen LogP contribution in [0.5, 0.6) is 5.75 Å². The van der Waals surface area contributed by atoms with E-state index in [0.717, 1.165) is 41.7 Å². The lowest BCUT2D eigenvalue weighted by atomic mass is 10.1. The standard InChI is InChI=1S/C14H16N2O2S.ClH/c1-17-12-5-3-2-4-10(12)11-9-19-14(16-11)13-8-15-6-7-18-13;/h2-5,9,13,15H,6-8H2,1H3;1H/t13-;/m1./s1. The van der Waals surface area contributed by atoms with E-state index in [9.17, 15) is 0 Å². The second-order valence-electron chi connectivity index (χ2n) is 4.33. The quantitative estimate of drug-likeness (QED) is 0.946. The van der Waals surface area contributed by atoms with Gasteiger partial charge in [-0.2, -0.15) is 0 Å². The minimum Gasteiger partial charge on any atom is -0.496 e. The van der Waals surface area contributed by atoms with Gasteiger partial charge in [0.1, 0.15) is 16.9 Å². The third-order valence-electron chi connectivity index (χ3n) is 3.11. The van der Waals surface area contributed by atoms with Gasteiger partial charge in [-0.05, 0) is 12.1 Å². The minimum atomic E-state index is 0. The molecule has 1 aromatic carbocycles. The number of thiazole rings is 1. The van der Waals surface area contributed by atoms with E-state index in [1.807, 2.05) is 24.3 Å². The van der Waals surface area contributed by atoms with Crippen LogP contribution in [-0.4, -0.2) is 31.8 Å². The van der Waals surface area contributed by atoms with Crippen LogP contribution in [0.1, 0.15) is 11.1 Å². The summed E-state index contributed by atoms with van der Waals surface area (Å²) in [7, 11) is 1.68. The Hall–Kier alpha value is -1.14. The van der Waals surface area contributed by atoms with Crippen molar-refractivity contribution in [2.45, 2.75) is 6.10 Å². The molecule has 2 aromatic rings. The molecule has 0 unspecified atom stereocenters. The Balaban J connectivity index is 0.00000147. The van der Waals surface area contributed by atoms with Gasteiger partial charge < -0.3 is 14.8 Å². The lowest BCUT2D eigenvalue weighted by Gasteiger charge is -2.21. The molecule has 0 amide bonds. The predicted octanol–water partition coefficient (Wildman–Crippen LogP) is 2.90. The van der Waals surface area contributed by atoms with Gasteiger partial charge in [0.15, 0.2) is 0 Å². The second kappa shape index (κ2) is 7.04. The fourth-order valence-corrected chi connectivity index (χ4v) is 3.01. The first-order valence-corrected chi connectivity index (χ1v) is 7.17. The van der Waals surface area contributed by atoms with Crippen LogP contribution in [0.4, 0.5) is 0 Å². The maximum absolute atomic E-state index is 5.72. The molecule has 20 heavy (non-hydrogen) atoms. The highest BCUT2D eigenvalue weighted by molar-refractivity contribution is 7.10. The van der Waals surface area contributed by atoms with Gasteiger partial charge in [-0.3, -0.25) is 0 Å². The van der Waals surface area contributed by atoms with E-state index in [1.165, 1.54) is 0 Å². The largest absolute Gasteiger partial charge is 0.496 e. The summed E-state index contributed by atoms with van der Waals surface area (Å²) in [5.74, 6) is 0.849. The number of methoxy groups -OCH3 is 1. The molecule has 0 saturated carbocycles. The zero-order chi connectivity index (χ0) is 13.1. The van der Waals surface area contributed by atoms with Crippen LogP contribution in [0.25, 0.3) is 11.3 Å². The smallest absolute Gasteiger partial charge is 0.128 e. The summed E-state index contributed by atoms with van der Waals surface area (Å²) in [6.07, 6.45) is 0.0715. The van der Waals surface area contributed by atoms with Gasteiger partial charge >= 0.3 is 0 Å². The molecule has 1 atom stereocenters. The Labute approximate surface area is 128 Å². The number of hydrogen-bond donors (Lipinski definition) is 1. The molecule has 0 bridgehead atoms. The maximum Gasteiger partial charge on any atom is 0.128 e. The topological polar surface area (TPSA) is 43.4 Å². The predicted molar refractivity (Wildman–Crippen MR) is 82.9 cm³/mol. The van der Waals surface area contributed by atoms with Crippen LogP contribution in [0.15, 0.2) is 29.6 Å². The zero-order valence-electron chi connectivity index (χ0n) is 11.2. The molecular formula is C14H17ClN2O2S. The molecule has 1 aromatic heterocycles. The van der Waals surface area contributed by atoms with Crippen molar-refractivity contribution in [3.8, 4) is 17.0 Å². The molecule has 1 aliphatic heterocycles. The summed E-state index contributed by atoms with van der Waals surface area (Å²) in [6.45, 7) is 2.49. The van der Waals surface area contributed by atoms with Crippen molar-refractivity contribution in [1.29, 1.82) is 0 Å². The van der Waals surface area contributed by atoms with Crippen LogP contribution in [-0.2, 0) is 4.74 Å². The molecule has 1 N–H and O–H groups in total. The van der Waals surface area contributed by atoms with Gasteiger partial charge in [-0.15, -0.1) is 23.7 Å². The Bertz CT molecular complexity index is 556. The fraction of sp³-hybridized carbons (Fsp3) is 0.357. The van der Waals surface area contributed by atoms with Crippen LogP contribution in [0.3, 0.4) is 0 Å². The Kier molecular flexibility index (Phi) is 5.37. The molecule has 1 saturated heterocycles. The lowest BCUT2D eigenvalue weighted by molar-refractivity contribution is 0.0276. The van der Waals surface area contributed by atoms with E-state index in [0.29, 0.717) is 0 Å². The molecule has 108 valence electrons. The highest BCUT2D eigenvalue weighted by atomic mass is 35.5. The molecule has 0 radical (unpaired) electrons. The van der Waals surface area contributed by atoms with Crippen molar-refractivity contribution in [2.24, 2.45) is 0 Å². The number of halogens is 1. The molecule has 0 aliphatic carbocycles. The highest BCUT2D eigenvalue weighted by Gasteiger charge is 2.20.